The van der Waals surface area contributed by atoms with Gasteiger partial charge in [-0.2, -0.15) is 5.10 Å². The van der Waals surface area contributed by atoms with Gasteiger partial charge in [0.15, 0.2) is 0 Å². The summed E-state index contributed by atoms with van der Waals surface area (Å²) in [5, 5.41) is 5.69. The number of hydrogen-bond acceptors (Lipinski definition) is 3. The number of rotatable bonds is 4. The van der Waals surface area contributed by atoms with E-state index < -0.39 is 0 Å². The Labute approximate surface area is 157 Å². The highest BCUT2D eigenvalue weighted by atomic mass is 35.5. The minimum Gasteiger partial charge on any atom is -0.342 e. The molecule has 7 heteroatoms. The zero-order chi connectivity index (χ0) is 18.1. The first kappa shape index (κ1) is 18.2. The molecule has 2 heterocycles. The molecule has 1 unspecified atom stereocenters. The number of nitrogens with zero attached hydrogens (tertiary/aromatic N) is 3. The van der Waals surface area contributed by atoms with Crippen LogP contribution in [0.2, 0.25) is 10.0 Å². The van der Waals surface area contributed by atoms with Gasteiger partial charge in [0.1, 0.15) is 0 Å². The van der Waals surface area contributed by atoms with Gasteiger partial charge < -0.3 is 10.6 Å². The number of aryl methyl sites for hydroxylation is 1. The minimum absolute atomic E-state index is 0.129. The highest BCUT2D eigenvalue weighted by Gasteiger charge is 2.27. The number of carbonyl (C=O) groups is 1. The first-order valence-corrected chi connectivity index (χ1v) is 9.14. The summed E-state index contributed by atoms with van der Waals surface area (Å²) in [5.74, 6) is 0.547. The van der Waals surface area contributed by atoms with Crippen LogP contribution < -0.4 is 5.73 Å². The molecule has 2 aromatic rings. The molecule has 1 aromatic carbocycles. The average molecular weight is 381 g/mol. The van der Waals surface area contributed by atoms with E-state index in [4.69, 9.17) is 28.9 Å². The second-order valence-corrected chi connectivity index (χ2v) is 7.41. The van der Waals surface area contributed by atoms with Gasteiger partial charge in [0.2, 0.25) is 5.91 Å². The molecule has 25 heavy (non-hydrogen) atoms. The van der Waals surface area contributed by atoms with E-state index in [-0.39, 0.29) is 5.91 Å². The maximum atomic E-state index is 12.6. The molecule has 134 valence electrons. The topological polar surface area (TPSA) is 64.2 Å². The molecule has 1 aromatic heterocycles. The largest absolute Gasteiger partial charge is 0.342 e. The molecular formula is C18H22Cl2N4O. The zero-order valence-corrected chi connectivity index (χ0v) is 15.9. The fourth-order valence-electron chi connectivity index (χ4n) is 3.33. The molecule has 0 spiro atoms. The van der Waals surface area contributed by atoms with Gasteiger partial charge in [0.05, 0.1) is 22.8 Å². The van der Waals surface area contributed by atoms with Gasteiger partial charge in [-0.25, -0.2) is 4.68 Å². The van der Waals surface area contributed by atoms with Crippen molar-refractivity contribution >= 4 is 29.1 Å². The molecule has 1 aliphatic heterocycles. The summed E-state index contributed by atoms with van der Waals surface area (Å²) in [6, 6.07) is 5.31. The van der Waals surface area contributed by atoms with Crippen molar-refractivity contribution in [2.75, 3.05) is 19.6 Å². The number of halogens is 2. The summed E-state index contributed by atoms with van der Waals surface area (Å²) in [7, 11) is 0. The quantitative estimate of drug-likeness (QED) is 0.885. The van der Waals surface area contributed by atoms with Crippen molar-refractivity contribution in [3.05, 3.63) is 45.2 Å². The molecule has 0 bridgehead atoms. The van der Waals surface area contributed by atoms with Gasteiger partial charge in [-0.1, -0.05) is 23.2 Å². The molecule has 3 rings (SSSR count). The summed E-state index contributed by atoms with van der Waals surface area (Å²) in [6.45, 7) is 6.05. The summed E-state index contributed by atoms with van der Waals surface area (Å²) < 4.78 is 1.78. The summed E-state index contributed by atoms with van der Waals surface area (Å²) in [4.78, 5) is 14.5. The highest BCUT2D eigenvalue weighted by molar-refractivity contribution is 6.35. The molecule has 0 saturated carbocycles. The van der Waals surface area contributed by atoms with Crippen LogP contribution in [0.4, 0.5) is 0 Å². The fourth-order valence-corrected chi connectivity index (χ4v) is 3.82. The van der Waals surface area contributed by atoms with Gasteiger partial charge in [0, 0.05) is 29.4 Å². The van der Waals surface area contributed by atoms with Crippen molar-refractivity contribution in [3.63, 3.8) is 0 Å². The second kappa shape index (κ2) is 7.36. The monoisotopic (exact) mass is 380 g/mol. The van der Waals surface area contributed by atoms with E-state index in [2.05, 4.69) is 5.10 Å². The van der Waals surface area contributed by atoms with Crippen LogP contribution in [0, 0.1) is 19.8 Å². The van der Waals surface area contributed by atoms with E-state index in [0.717, 1.165) is 42.1 Å². The van der Waals surface area contributed by atoms with E-state index in [9.17, 15) is 4.79 Å². The molecule has 0 radical (unpaired) electrons. The maximum absolute atomic E-state index is 12.6. The molecular weight excluding hydrogens is 359 g/mol. The van der Waals surface area contributed by atoms with E-state index in [0.29, 0.717) is 28.9 Å². The van der Waals surface area contributed by atoms with Crippen molar-refractivity contribution in [3.8, 4) is 5.69 Å². The highest BCUT2D eigenvalue weighted by Crippen LogP contribution is 2.27. The predicted octanol–water partition coefficient (Wildman–Crippen LogP) is 3.15. The number of amides is 1. The lowest BCUT2D eigenvalue weighted by Gasteiger charge is -2.16. The van der Waals surface area contributed by atoms with Crippen LogP contribution in [0.1, 0.15) is 23.4 Å². The van der Waals surface area contributed by atoms with Crippen LogP contribution >= 0.6 is 23.2 Å². The summed E-state index contributed by atoms with van der Waals surface area (Å²) >= 11 is 12.3. The molecule has 0 aliphatic carbocycles. The number of hydrogen-bond donors (Lipinski definition) is 1. The second-order valence-electron chi connectivity index (χ2n) is 6.56. The Bertz CT molecular complexity index is 803. The van der Waals surface area contributed by atoms with Crippen molar-refractivity contribution in [1.82, 2.24) is 14.7 Å². The number of carbonyl (C=O) groups excluding carboxylic acids is 1. The smallest absolute Gasteiger partial charge is 0.227 e. The van der Waals surface area contributed by atoms with Crippen LogP contribution in [0.3, 0.4) is 0 Å². The maximum Gasteiger partial charge on any atom is 0.227 e. The van der Waals surface area contributed by atoms with Gasteiger partial charge in [0.25, 0.3) is 0 Å². The third-order valence-corrected chi connectivity index (χ3v) is 5.42. The van der Waals surface area contributed by atoms with Crippen LogP contribution in [0.5, 0.6) is 0 Å². The molecule has 1 amide bonds. The molecule has 1 atom stereocenters. The van der Waals surface area contributed by atoms with Gasteiger partial charge >= 0.3 is 0 Å². The van der Waals surface area contributed by atoms with Crippen LogP contribution in [-0.4, -0.2) is 40.2 Å². The Kier molecular flexibility index (Phi) is 5.37. The Morgan fingerprint density at radius 1 is 1.36 bits per heavy atom. The van der Waals surface area contributed by atoms with Gasteiger partial charge in [-0.05, 0) is 50.9 Å². The molecule has 1 aliphatic rings. The minimum atomic E-state index is 0.129. The lowest BCUT2D eigenvalue weighted by Crippen LogP contribution is -2.31. The molecule has 1 fully saturated rings. The van der Waals surface area contributed by atoms with Crippen molar-refractivity contribution < 1.29 is 4.79 Å². The Balaban J connectivity index is 1.84. The fraction of sp³-hybridized carbons (Fsp3) is 0.444. The first-order valence-electron chi connectivity index (χ1n) is 8.39. The predicted molar refractivity (Wildman–Crippen MR) is 101 cm³/mol. The third kappa shape index (κ3) is 3.68. The Morgan fingerprint density at radius 3 is 2.76 bits per heavy atom. The lowest BCUT2D eigenvalue weighted by molar-refractivity contribution is -0.129. The van der Waals surface area contributed by atoms with E-state index in [1.807, 2.05) is 24.8 Å². The SMILES string of the molecule is Cc1nn(-c2ccc(Cl)cc2Cl)c(C)c1CC(=O)N1CCC(CN)C1. The average Bonchev–Trinajstić information content (AvgIpc) is 3.15. The van der Waals surface area contributed by atoms with E-state index in [1.165, 1.54) is 0 Å². The van der Waals surface area contributed by atoms with Crippen molar-refractivity contribution in [1.29, 1.82) is 0 Å². The molecule has 2 N–H and O–H groups in total. The summed E-state index contributed by atoms with van der Waals surface area (Å²) in [5.41, 5.74) is 9.19. The van der Waals surface area contributed by atoms with Crippen LogP contribution in [-0.2, 0) is 11.2 Å². The summed E-state index contributed by atoms with van der Waals surface area (Å²) in [6.07, 6.45) is 1.33. The Hall–Kier alpha value is -1.56. The van der Waals surface area contributed by atoms with Crippen molar-refractivity contribution in [2.24, 2.45) is 11.7 Å². The number of aromatic nitrogens is 2. The lowest BCUT2D eigenvalue weighted by atomic mass is 10.1. The van der Waals surface area contributed by atoms with Gasteiger partial charge in [-0.15, -0.1) is 0 Å². The number of likely N-dealkylation sites (tertiary alicyclic amines) is 1. The standard InChI is InChI=1S/C18H22Cl2N4O/c1-11-15(8-18(25)23-6-5-13(9-21)10-23)12(2)24(22-11)17-4-3-14(19)7-16(17)20/h3-4,7,13H,5-6,8-10,21H2,1-2H3. The normalized spacial score (nSPS) is 17.3. The molecule has 5 nitrogen and oxygen atoms in total. The number of nitrogens with two attached hydrogens (primary N) is 1. The first-order chi connectivity index (χ1) is 11.9. The van der Waals surface area contributed by atoms with E-state index >= 15 is 0 Å². The Morgan fingerprint density at radius 2 is 2.12 bits per heavy atom. The third-order valence-electron chi connectivity index (χ3n) is 4.88. The van der Waals surface area contributed by atoms with E-state index in [1.54, 1.807) is 16.8 Å². The van der Waals surface area contributed by atoms with Gasteiger partial charge in [-0.3, -0.25) is 4.79 Å². The molecule has 1 saturated heterocycles. The zero-order valence-electron chi connectivity index (χ0n) is 14.4. The van der Waals surface area contributed by atoms with Crippen molar-refractivity contribution in [2.45, 2.75) is 26.7 Å². The van der Waals surface area contributed by atoms with Crippen LogP contribution in [0.15, 0.2) is 18.2 Å². The van der Waals surface area contributed by atoms with Crippen LogP contribution in [0.25, 0.3) is 5.69 Å². The number of benzene rings is 1.